The average molecular weight is 335 g/mol. The van der Waals surface area contributed by atoms with E-state index >= 15 is 0 Å². The van der Waals surface area contributed by atoms with Crippen LogP contribution in [0.15, 0.2) is 18.2 Å². The third-order valence-electron chi connectivity index (χ3n) is 2.64. The van der Waals surface area contributed by atoms with Gasteiger partial charge in [0.15, 0.2) is 0 Å². The van der Waals surface area contributed by atoms with Crippen LogP contribution in [0.25, 0.3) is 0 Å². The Morgan fingerprint density at radius 2 is 2.14 bits per heavy atom. The van der Waals surface area contributed by atoms with Crippen LogP contribution in [0.4, 0.5) is 5.69 Å². The molecule has 1 unspecified atom stereocenters. The monoisotopic (exact) mass is 334 g/mol. The van der Waals surface area contributed by atoms with Crippen molar-refractivity contribution >= 4 is 33.0 Å². The molecule has 0 aliphatic heterocycles. The minimum Gasteiger partial charge on any atom is -0.492 e. The third kappa shape index (κ3) is 6.33. The molecule has 0 heterocycles. The molecule has 0 aliphatic carbocycles. The van der Waals surface area contributed by atoms with E-state index < -0.39 is 21.8 Å². The molecule has 0 saturated carbocycles. The largest absolute Gasteiger partial charge is 0.492 e. The molecule has 1 rings (SSSR count). The summed E-state index contributed by atoms with van der Waals surface area (Å²) in [6.07, 6.45) is 1.17. The number of carbonyl (C=O) groups excluding carboxylic acids is 1. The van der Waals surface area contributed by atoms with Gasteiger partial charge in [0.05, 0.1) is 23.4 Å². The van der Waals surface area contributed by atoms with Crippen molar-refractivity contribution in [2.24, 2.45) is 5.73 Å². The molecule has 6 nitrogen and oxygen atoms in total. The minimum absolute atomic E-state index is 0.0649. The quantitative estimate of drug-likeness (QED) is 0.786. The summed E-state index contributed by atoms with van der Waals surface area (Å²) >= 11 is 6.01. The van der Waals surface area contributed by atoms with Gasteiger partial charge in [0.25, 0.3) is 0 Å². The first kappa shape index (κ1) is 17.7. The summed E-state index contributed by atoms with van der Waals surface area (Å²) in [5.74, 6) is -0.0663. The molecule has 0 aliphatic rings. The van der Waals surface area contributed by atoms with Gasteiger partial charge in [-0.15, -0.1) is 0 Å². The van der Waals surface area contributed by atoms with Crippen molar-refractivity contribution in [3.8, 4) is 5.75 Å². The Bertz CT molecular complexity index is 604. The highest BCUT2D eigenvalue weighted by Crippen LogP contribution is 2.27. The van der Waals surface area contributed by atoms with Gasteiger partial charge in [0, 0.05) is 11.9 Å². The average Bonchev–Trinajstić information content (AvgIpc) is 2.38. The summed E-state index contributed by atoms with van der Waals surface area (Å²) in [6.45, 7) is 2.33. The Balaban J connectivity index is 2.64. The molecular weight excluding hydrogens is 316 g/mol. The molecule has 1 amide bonds. The zero-order valence-electron chi connectivity index (χ0n) is 11.9. The number of benzene rings is 1. The molecule has 0 fully saturated rings. The fourth-order valence-electron chi connectivity index (χ4n) is 1.56. The van der Waals surface area contributed by atoms with Crippen LogP contribution in [0, 0.1) is 0 Å². The van der Waals surface area contributed by atoms with Crippen LogP contribution in [-0.4, -0.2) is 39.0 Å². The lowest BCUT2D eigenvalue weighted by Crippen LogP contribution is -2.37. The van der Waals surface area contributed by atoms with Gasteiger partial charge in [0.1, 0.15) is 15.6 Å². The number of nitrogens with two attached hydrogens (primary N) is 1. The number of ether oxygens (including phenoxy) is 1. The molecule has 1 aromatic carbocycles. The van der Waals surface area contributed by atoms with Gasteiger partial charge in [-0.1, -0.05) is 11.6 Å². The van der Waals surface area contributed by atoms with Gasteiger partial charge in [-0.05, 0) is 31.5 Å². The fourth-order valence-corrected chi connectivity index (χ4v) is 2.48. The summed E-state index contributed by atoms with van der Waals surface area (Å²) in [5, 5.41) is 2.96. The van der Waals surface area contributed by atoms with Crippen LogP contribution >= 0.6 is 11.6 Å². The van der Waals surface area contributed by atoms with Crippen molar-refractivity contribution in [2.75, 3.05) is 23.9 Å². The minimum atomic E-state index is -3.14. The number of hydrogen-bond acceptors (Lipinski definition) is 5. The van der Waals surface area contributed by atoms with E-state index in [1.165, 1.54) is 0 Å². The Hall–Kier alpha value is -1.31. The molecule has 0 saturated heterocycles. The van der Waals surface area contributed by atoms with Crippen molar-refractivity contribution < 1.29 is 17.9 Å². The molecule has 8 heteroatoms. The second-order valence-corrected chi connectivity index (χ2v) is 7.26. The number of sulfone groups is 1. The summed E-state index contributed by atoms with van der Waals surface area (Å²) in [5.41, 5.74) is 6.13. The molecule has 0 radical (unpaired) electrons. The van der Waals surface area contributed by atoms with Crippen molar-refractivity contribution in [1.29, 1.82) is 0 Å². The van der Waals surface area contributed by atoms with E-state index in [1.807, 2.05) is 6.92 Å². The van der Waals surface area contributed by atoms with E-state index in [4.69, 9.17) is 22.1 Å². The van der Waals surface area contributed by atoms with E-state index in [0.29, 0.717) is 23.1 Å². The number of amides is 1. The first-order valence-electron chi connectivity index (χ1n) is 6.39. The number of rotatable bonds is 7. The standard InChI is InChI=1S/C13H19ClN2O4S/c1-3-20-12-5-4-9(8-10(12)14)16-13(17)11(15)6-7-21(2,18)19/h4-5,8,11H,3,6-7,15H2,1-2H3,(H,16,17). The number of carbonyl (C=O) groups is 1. The van der Waals surface area contributed by atoms with Gasteiger partial charge in [0.2, 0.25) is 5.91 Å². The highest BCUT2D eigenvalue weighted by Gasteiger charge is 2.16. The maximum absolute atomic E-state index is 11.8. The summed E-state index contributed by atoms with van der Waals surface area (Å²) in [4.78, 5) is 11.8. The highest BCUT2D eigenvalue weighted by atomic mass is 35.5. The molecule has 1 atom stereocenters. The molecule has 118 valence electrons. The first-order valence-corrected chi connectivity index (χ1v) is 8.83. The van der Waals surface area contributed by atoms with Crippen molar-refractivity contribution in [1.82, 2.24) is 0 Å². The third-order valence-corrected chi connectivity index (χ3v) is 3.91. The molecule has 1 aromatic rings. The van der Waals surface area contributed by atoms with Crippen molar-refractivity contribution in [2.45, 2.75) is 19.4 Å². The molecule has 0 spiro atoms. The maximum Gasteiger partial charge on any atom is 0.241 e. The van der Waals surface area contributed by atoms with Gasteiger partial charge >= 0.3 is 0 Å². The van der Waals surface area contributed by atoms with Gasteiger partial charge in [-0.2, -0.15) is 0 Å². The molecule has 21 heavy (non-hydrogen) atoms. The molecule has 0 bridgehead atoms. The highest BCUT2D eigenvalue weighted by molar-refractivity contribution is 7.90. The van der Waals surface area contributed by atoms with Gasteiger partial charge < -0.3 is 15.8 Å². The Morgan fingerprint density at radius 1 is 1.48 bits per heavy atom. The Labute approximate surface area is 129 Å². The number of anilines is 1. The number of nitrogens with one attached hydrogen (secondary N) is 1. The predicted molar refractivity (Wildman–Crippen MR) is 83.6 cm³/mol. The number of halogens is 1. The van der Waals surface area contributed by atoms with Crippen LogP contribution < -0.4 is 15.8 Å². The van der Waals surface area contributed by atoms with Crippen LogP contribution in [-0.2, 0) is 14.6 Å². The van der Waals surface area contributed by atoms with Crippen LogP contribution in [0.2, 0.25) is 5.02 Å². The lowest BCUT2D eigenvalue weighted by atomic mass is 10.2. The van der Waals surface area contributed by atoms with E-state index in [1.54, 1.807) is 18.2 Å². The normalized spacial score (nSPS) is 12.8. The lowest BCUT2D eigenvalue weighted by molar-refractivity contribution is -0.117. The zero-order valence-corrected chi connectivity index (χ0v) is 13.5. The predicted octanol–water partition coefficient (Wildman–Crippen LogP) is 1.44. The van der Waals surface area contributed by atoms with Crippen LogP contribution in [0.5, 0.6) is 5.75 Å². The van der Waals surface area contributed by atoms with E-state index in [0.717, 1.165) is 6.26 Å². The SMILES string of the molecule is CCOc1ccc(NC(=O)C(N)CCS(C)(=O)=O)cc1Cl. The fraction of sp³-hybridized carbons (Fsp3) is 0.462. The number of hydrogen-bond donors (Lipinski definition) is 2. The zero-order chi connectivity index (χ0) is 16.0. The van der Waals surface area contributed by atoms with Gasteiger partial charge in [-0.3, -0.25) is 4.79 Å². The summed E-state index contributed by atoms with van der Waals surface area (Å²) in [7, 11) is -3.14. The lowest BCUT2D eigenvalue weighted by Gasteiger charge is -2.13. The van der Waals surface area contributed by atoms with Crippen LogP contribution in [0.1, 0.15) is 13.3 Å². The maximum atomic E-state index is 11.8. The topological polar surface area (TPSA) is 98.5 Å². The van der Waals surface area contributed by atoms with E-state index in [-0.39, 0.29) is 12.2 Å². The second kappa shape index (κ2) is 7.63. The van der Waals surface area contributed by atoms with E-state index in [2.05, 4.69) is 5.32 Å². The smallest absolute Gasteiger partial charge is 0.241 e. The van der Waals surface area contributed by atoms with E-state index in [9.17, 15) is 13.2 Å². The van der Waals surface area contributed by atoms with Crippen LogP contribution in [0.3, 0.4) is 0 Å². The molecule has 0 aromatic heterocycles. The molecule has 3 N–H and O–H groups in total. The summed E-state index contributed by atoms with van der Waals surface area (Å²) in [6, 6.07) is 3.93. The van der Waals surface area contributed by atoms with Crippen molar-refractivity contribution in [3.05, 3.63) is 23.2 Å². The van der Waals surface area contributed by atoms with Crippen molar-refractivity contribution in [3.63, 3.8) is 0 Å². The Morgan fingerprint density at radius 3 is 2.67 bits per heavy atom. The second-order valence-electron chi connectivity index (χ2n) is 4.59. The van der Waals surface area contributed by atoms with Gasteiger partial charge in [-0.25, -0.2) is 8.42 Å². The first-order chi connectivity index (χ1) is 9.73. The Kier molecular flexibility index (Phi) is 6.44. The molecular formula is C13H19ClN2O4S. The summed E-state index contributed by atoms with van der Waals surface area (Å²) < 4.78 is 27.4.